The first kappa shape index (κ1) is 28.6. The molecule has 7 aromatic carbocycles. The molecule has 0 aliphatic rings. The van der Waals surface area contributed by atoms with Gasteiger partial charge in [-0.3, -0.25) is 0 Å². The van der Waals surface area contributed by atoms with E-state index in [2.05, 4.69) is 162 Å². The molecule has 10 rings (SSSR count). The van der Waals surface area contributed by atoms with Crippen molar-refractivity contribution in [2.75, 3.05) is 0 Å². The molecule has 0 aliphatic heterocycles. The Hall–Kier alpha value is -6.36. The molecule has 0 radical (unpaired) electrons. The number of hydrogen-bond acceptors (Lipinski definition) is 3. The van der Waals surface area contributed by atoms with Gasteiger partial charge in [-0.2, -0.15) is 0 Å². The second kappa shape index (κ2) is 11.7. The second-order valence-corrected chi connectivity index (χ2v) is 13.6. The van der Waals surface area contributed by atoms with E-state index in [0.717, 1.165) is 43.9 Å². The lowest BCUT2D eigenvalue weighted by Gasteiger charge is -2.10. The van der Waals surface area contributed by atoms with Gasteiger partial charge in [0.2, 0.25) is 0 Å². The van der Waals surface area contributed by atoms with Gasteiger partial charge in [0.1, 0.15) is 0 Å². The van der Waals surface area contributed by atoms with Crippen LogP contribution in [0.3, 0.4) is 0 Å². The summed E-state index contributed by atoms with van der Waals surface area (Å²) in [5.41, 5.74) is 12.4. The van der Waals surface area contributed by atoms with Crippen LogP contribution >= 0.6 is 11.3 Å². The van der Waals surface area contributed by atoms with Crippen molar-refractivity contribution in [3.05, 3.63) is 176 Å². The van der Waals surface area contributed by atoms with Crippen molar-refractivity contribution in [2.45, 2.75) is 0 Å². The summed E-state index contributed by atoms with van der Waals surface area (Å²) in [5.74, 6) is 0.743. The summed E-state index contributed by atoms with van der Waals surface area (Å²) < 4.78 is 4.70. The third-order valence-electron chi connectivity index (χ3n) is 9.61. The molecule has 234 valence electrons. The zero-order chi connectivity index (χ0) is 33.0. The van der Waals surface area contributed by atoms with Crippen LogP contribution in [0.25, 0.3) is 92.7 Å². The molecule has 0 amide bonds. The number of thiophene rings is 1. The smallest absolute Gasteiger partial charge is 0.160 e. The van der Waals surface area contributed by atoms with Crippen molar-refractivity contribution in [2.24, 2.45) is 0 Å². The van der Waals surface area contributed by atoms with E-state index < -0.39 is 0 Å². The highest BCUT2D eigenvalue weighted by Crippen LogP contribution is 2.44. The predicted molar refractivity (Wildman–Crippen MR) is 211 cm³/mol. The first-order valence-electron chi connectivity index (χ1n) is 16.8. The first-order chi connectivity index (χ1) is 24.8. The molecule has 0 bridgehead atoms. The Balaban J connectivity index is 1.15. The fourth-order valence-electron chi connectivity index (χ4n) is 7.27. The maximum atomic E-state index is 5.20. The second-order valence-electron chi connectivity index (χ2n) is 12.6. The van der Waals surface area contributed by atoms with E-state index in [-0.39, 0.29) is 0 Å². The SMILES string of the molecule is c1ccc(-c2nc(-c3ccccc3)c3sc4c(-c5cccc(-c6ccc7c8ccccc8n(-c8ccccc8)c7c6)c5)cccc4c3n2)cc1. The number of fused-ring (bicyclic) bond motifs is 6. The Morgan fingerprint density at radius 1 is 0.400 bits per heavy atom. The quantitative estimate of drug-likeness (QED) is 0.185. The molecule has 50 heavy (non-hydrogen) atoms. The van der Waals surface area contributed by atoms with Gasteiger partial charge >= 0.3 is 0 Å². The minimum Gasteiger partial charge on any atom is -0.309 e. The van der Waals surface area contributed by atoms with Crippen LogP contribution in [-0.4, -0.2) is 14.5 Å². The van der Waals surface area contributed by atoms with E-state index >= 15 is 0 Å². The molecule has 0 spiro atoms. The molecule has 0 aliphatic carbocycles. The lowest BCUT2D eigenvalue weighted by Crippen LogP contribution is -1.93. The van der Waals surface area contributed by atoms with Gasteiger partial charge in [0.25, 0.3) is 0 Å². The average Bonchev–Trinajstić information content (AvgIpc) is 3.74. The van der Waals surface area contributed by atoms with Crippen molar-refractivity contribution in [3.63, 3.8) is 0 Å². The van der Waals surface area contributed by atoms with E-state index in [1.54, 1.807) is 11.3 Å². The van der Waals surface area contributed by atoms with Crippen LogP contribution in [0.1, 0.15) is 0 Å². The minimum absolute atomic E-state index is 0.743. The van der Waals surface area contributed by atoms with Crippen LogP contribution in [0.2, 0.25) is 0 Å². The molecule has 0 N–H and O–H groups in total. The van der Waals surface area contributed by atoms with Crippen LogP contribution in [-0.2, 0) is 0 Å². The van der Waals surface area contributed by atoms with Gasteiger partial charge in [0, 0.05) is 37.7 Å². The van der Waals surface area contributed by atoms with Crippen LogP contribution in [0.15, 0.2) is 176 Å². The number of hydrogen-bond donors (Lipinski definition) is 0. The first-order valence-corrected chi connectivity index (χ1v) is 17.7. The summed E-state index contributed by atoms with van der Waals surface area (Å²) >= 11 is 1.79. The average molecular weight is 656 g/mol. The fourth-order valence-corrected chi connectivity index (χ4v) is 8.56. The monoisotopic (exact) mass is 655 g/mol. The Bertz CT molecular complexity index is 2850. The zero-order valence-electron chi connectivity index (χ0n) is 27.0. The molecule has 0 atom stereocenters. The van der Waals surface area contributed by atoms with Gasteiger partial charge in [0.05, 0.1) is 26.9 Å². The fraction of sp³-hybridized carbons (Fsp3) is 0. The van der Waals surface area contributed by atoms with Gasteiger partial charge < -0.3 is 4.57 Å². The van der Waals surface area contributed by atoms with Gasteiger partial charge in [-0.15, -0.1) is 11.3 Å². The van der Waals surface area contributed by atoms with Crippen molar-refractivity contribution in [1.82, 2.24) is 14.5 Å². The van der Waals surface area contributed by atoms with Crippen molar-refractivity contribution in [3.8, 4) is 50.6 Å². The molecule has 10 aromatic rings. The maximum absolute atomic E-state index is 5.20. The van der Waals surface area contributed by atoms with Crippen molar-refractivity contribution < 1.29 is 0 Å². The van der Waals surface area contributed by atoms with E-state index in [1.165, 1.54) is 48.8 Å². The summed E-state index contributed by atoms with van der Waals surface area (Å²) in [6.07, 6.45) is 0. The molecule has 3 heterocycles. The van der Waals surface area contributed by atoms with Gasteiger partial charge in [-0.25, -0.2) is 9.97 Å². The largest absolute Gasteiger partial charge is 0.309 e. The lowest BCUT2D eigenvalue weighted by molar-refractivity contribution is 1.18. The summed E-state index contributed by atoms with van der Waals surface area (Å²) in [5, 5.41) is 3.67. The van der Waals surface area contributed by atoms with Crippen LogP contribution in [0.4, 0.5) is 0 Å². The zero-order valence-corrected chi connectivity index (χ0v) is 27.8. The number of nitrogens with zero attached hydrogens (tertiary/aromatic N) is 3. The molecular formula is C46H29N3S. The Morgan fingerprint density at radius 2 is 1.02 bits per heavy atom. The molecule has 3 nitrogen and oxygen atoms in total. The molecule has 3 aromatic heterocycles. The molecule has 0 saturated heterocycles. The van der Waals surface area contributed by atoms with Gasteiger partial charge in [0.15, 0.2) is 5.82 Å². The van der Waals surface area contributed by atoms with Crippen molar-refractivity contribution in [1.29, 1.82) is 0 Å². The van der Waals surface area contributed by atoms with Crippen LogP contribution in [0, 0.1) is 0 Å². The molecular weight excluding hydrogens is 627 g/mol. The summed E-state index contributed by atoms with van der Waals surface area (Å²) in [4.78, 5) is 10.4. The minimum atomic E-state index is 0.743. The predicted octanol–water partition coefficient (Wildman–Crippen LogP) is 12.6. The Labute approximate surface area is 293 Å². The Morgan fingerprint density at radius 3 is 1.84 bits per heavy atom. The molecule has 0 unspecified atom stereocenters. The van der Waals surface area contributed by atoms with Crippen molar-refractivity contribution >= 4 is 53.4 Å². The van der Waals surface area contributed by atoms with E-state index in [9.17, 15) is 0 Å². The Kier molecular flexibility index (Phi) is 6.68. The van der Waals surface area contributed by atoms with E-state index in [1.807, 2.05) is 18.2 Å². The third kappa shape index (κ3) is 4.65. The molecule has 4 heteroatoms. The third-order valence-corrected chi connectivity index (χ3v) is 10.8. The summed E-state index contributed by atoms with van der Waals surface area (Å²) in [6, 6.07) is 62.5. The number of para-hydroxylation sites is 2. The summed E-state index contributed by atoms with van der Waals surface area (Å²) in [7, 11) is 0. The number of benzene rings is 7. The molecule has 0 fully saturated rings. The van der Waals surface area contributed by atoms with E-state index in [0.29, 0.717) is 0 Å². The molecule has 0 saturated carbocycles. The van der Waals surface area contributed by atoms with Gasteiger partial charge in [-0.1, -0.05) is 146 Å². The highest BCUT2D eigenvalue weighted by Gasteiger charge is 2.19. The maximum Gasteiger partial charge on any atom is 0.160 e. The highest BCUT2D eigenvalue weighted by molar-refractivity contribution is 7.26. The normalized spacial score (nSPS) is 11.6. The topological polar surface area (TPSA) is 30.7 Å². The lowest BCUT2D eigenvalue weighted by atomic mass is 9.97. The number of aromatic nitrogens is 3. The van der Waals surface area contributed by atoms with E-state index in [4.69, 9.17) is 9.97 Å². The van der Waals surface area contributed by atoms with Gasteiger partial charge in [-0.05, 0) is 52.6 Å². The van der Waals surface area contributed by atoms with Crippen LogP contribution < -0.4 is 0 Å². The van der Waals surface area contributed by atoms with Crippen LogP contribution in [0.5, 0.6) is 0 Å². The highest BCUT2D eigenvalue weighted by atomic mass is 32.1. The standard InChI is InChI=1S/C46H29N3S/c1-4-14-30(15-5-1)42-45-43(48-46(47-42)31-16-6-2-7-17-31)39-24-13-23-36(44(39)50-45)34-19-12-18-32(28-34)33-26-27-38-37-22-10-11-25-40(37)49(41(38)29-33)35-20-8-3-9-21-35/h1-29H. The summed E-state index contributed by atoms with van der Waals surface area (Å²) in [6.45, 7) is 0. The number of rotatable bonds is 5.